The summed E-state index contributed by atoms with van der Waals surface area (Å²) in [6.45, 7) is 8.25. The van der Waals surface area contributed by atoms with Gasteiger partial charge in [0.2, 0.25) is 5.75 Å². The van der Waals surface area contributed by atoms with Crippen LogP contribution in [0.2, 0.25) is 0 Å². The summed E-state index contributed by atoms with van der Waals surface area (Å²) < 4.78 is 30.4. The lowest BCUT2D eigenvalue weighted by Gasteiger charge is -2.24. The van der Waals surface area contributed by atoms with Gasteiger partial charge < -0.3 is 19.0 Å². The molecule has 0 heterocycles. The van der Waals surface area contributed by atoms with Crippen molar-refractivity contribution in [2.45, 2.75) is 46.0 Å². The Hall–Kier alpha value is -2.56. The van der Waals surface area contributed by atoms with Crippen molar-refractivity contribution in [3.63, 3.8) is 0 Å². The molecule has 0 radical (unpaired) electrons. The Morgan fingerprint density at radius 3 is 2.11 bits per heavy atom. The molecule has 0 amide bonds. The van der Waals surface area contributed by atoms with E-state index in [-0.39, 0.29) is 17.7 Å². The predicted octanol–water partition coefficient (Wildman–Crippen LogP) is 5.33. The average Bonchev–Trinajstić information content (AvgIpc) is 2.70. The molecule has 0 saturated carbocycles. The van der Waals surface area contributed by atoms with Crippen molar-refractivity contribution in [1.29, 1.82) is 0 Å². The molecule has 0 saturated heterocycles. The molecule has 0 fully saturated rings. The van der Waals surface area contributed by atoms with Gasteiger partial charge >= 0.3 is 0 Å². The molecule has 2 atom stereocenters. The Kier molecular flexibility index (Phi) is 7.44. The Morgan fingerprint density at radius 1 is 0.964 bits per heavy atom. The molecule has 2 unspecified atom stereocenters. The summed E-state index contributed by atoms with van der Waals surface area (Å²) in [5.74, 6) is 1.31. The fourth-order valence-corrected chi connectivity index (χ4v) is 3.43. The summed E-state index contributed by atoms with van der Waals surface area (Å²) in [5, 5.41) is 0. The number of methoxy groups -OCH3 is 2. The smallest absolute Gasteiger partial charge is 0.204 e. The van der Waals surface area contributed by atoms with E-state index in [0.717, 1.165) is 35.0 Å². The minimum Gasteiger partial charge on any atom is -0.492 e. The fraction of sp³-hybridized carbons (Fsp3) is 0.435. The van der Waals surface area contributed by atoms with Crippen LogP contribution < -0.4 is 14.2 Å². The van der Waals surface area contributed by atoms with Crippen molar-refractivity contribution >= 4 is 6.29 Å². The monoisotopic (exact) mass is 388 g/mol. The van der Waals surface area contributed by atoms with E-state index in [1.54, 1.807) is 26.4 Å². The van der Waals surface area contributed by atoms with Gasteiger partial charge in [-0.1, -0.05) is 26.0 Å². The molecule has 0 bridgehead atoms. The summed E-state index contributed by atoms with van der Waals surface area (Å²) >= 11 is 0. The van der Waals surface area contributed by atoms with E-state index in [4.69, 9.17) is 14.2 Å². The first-order valence-corrected chi connectivity index (χ1v) is 9.44. The lowest BCUT2D eigenvalue weighted by molar-refractivity contribution is -0.108. The van der Waals surface area contributed by atoms with Crippen LogP contribution in [0.3, 0.4) is 0 Å². The molecule has 2 aromatic carbocycles. The zero-order valence-corrected chi connectivity index (χ0v) is 17.5. The maximum absolute atomic E-state index is 13.1. The van der Waals surface area contributed by atoms with Crippen LogP contribution in [0, 0.1) is 19.7 Å². The quantitative estimate of drug-likeness (QED) is 0.544. The van der Waals surface area contributed by atoms with Gasteiger partial charge in [-0.3, -0.25) is 0 Å². The Bertz CT molecular complexity index is 815. The fourth-order valence-electron chi connectivity index (χ4n) is 3.43. The number of aldehydes is 1. The lowest BCUT2D eigenvalue weighted by atomic mass is 9.92. The van der Waals surface area contributed by atoms with Gasteiger partial charge in [0.1, 0.15) is 12.1 Å². The second-order valence-corrected chi connectivity index (χ2v) is 7.07. The number of hydrogen-bond donors (Lipinski definition) is 0. The number of carbonyl (C=O) groups excluding carboxylic acids is 1. The molecule has 0 aromatic heterocycles. The third kappa shape index (κ3) is 4.46. The highest BCUT2D eigenvalue weighted by Crippen LogP contribution is 2.47. The Balaban J connectivity index is 2.29. The van der Waals surface area contributed by atoms with Crippen molar-refractivity contribution in [3.05, 3.63) is 52.3 Å². The first kappa shape index (κ1) is 21.7. The topological polar surface area (TPSA) is 44.8 Å². The van der Waals surface area contributed by atoms with Gasteiger partial charge in [0.15, 0.2) is 11.5 Å². The standard InChI is InChI=1S/C23H29FO4/c1-14(18-7-9-19(24)10-8-18)11-12-28-23-21(26-5)17(4)16(3)20(15(2)13-25)22(23)27-6/h7-10,13-15H,11-12H2,1-6H3. The molecule has 5 heteroatoms. The Labute approximate surface area is 166 Å². The largest absolute Gasteiger partial charge is 0.492 e. The van der Waals surface area contributed by atoms with Crippen LogP contribution in [0.5, 0.6) is 17.2 Å². The van der Waals surface area contributed by atoms with E-state index in [0.29, 0.717) is 23.9 Å². The molecule has 152 valence electrons. The van der Waals surface area contributed by atoms with Gasteiger partial charge in [-0.15, -0.1) is 0 Å². The number of ether oxygens (including phenoxy) is 3. The van der Waals surface area contributed by atoms with Gasteiger partial charge in [0, 0.05) is 11.5 Å². The molecule has 0 N–H and O–H groups in total. The number of hydrogen-bond acceptors (Lipinski definition) is 4. The molecule has 4 nitrogen and oxygen atoms in total. The average molecular weight is 388 g/mol. The van der Waals surface area contributed by atoms with Crippen LogP contribution in [0.15, 0.2) is 24.3 Å². The van der Waals surface area contributed by atoms with Gasteiger partial charge in [0.05, 0.1) is 20.8 Å². The van der Waals surface area contributed by atoms with E-state index in [1.807, 2.05) is 20.8 Å². The molecular weight excluding hydrogens is 359 g/mol. The van der Waals surface area contributed by atoms with E-state index < -0.39 is 0 Å². The van der Waals surface area contributed by atoms with Crippen molar-refractivity contribution in [1.82, 2.24) is 0 Å². The van der Waals surface area contributed by atoms with Crippen LogP contribution >= 0.6 is 0 Å². The molecule has 0 aliphatic rings. The highest BCUT2D eigenvalue weighted by atomic mass is 19.1. The van der Waals surface area contributed by atoms with Crippen LogP contribution in [0.4, 0.5) is 4.39 Å². The van der Waals surface area contributed by atoms with E-state index in [1.165, 1.54) is 12.1 Å². The van der Waals surface area contributed by atoms with Gasteiger partial charge in [-0.25, -0.2) is 4.39 Å². The highest BCUT2D eigenvalue weighted by molar-refractivity contribution is 5.71. The summed E-state index contributed by atoms with van der Waals surface area (Å²) in [6, 6.07) is 6.52. The second-order valence-electron chi connectivity index (χ2n) is 7.07. The minimum atomic E-state index is -0.319. The molecule has 0 aliphatic carbocycles. The zero-order chi connectivity index (χ0) is 20.8. The van der Waals surface area contributed by atoms with Crippen LogP contribution in [0.1, 0.15) is 54.4 Å². The van der Waals surface area contributed by atoms with E-state index >= 15 is 0 Å². The van der Waals surface area contributed by atoms with E-state index in [9.17, 15) is 9.18 Å². The summed E-state index contributed by atoms with van der Waals surface area (Å²) in [5.41, 5.74) is 3.76. The minimum absolute atomic E-state index is 0.206. The van der Waals surface area contributed by atoms with Crippen molar-refractivity contribution in [2.24, 2.45) is 0 Å². The number of carbonyl (C=O) groups is 1. The van der Waals surface area contributed by atoms with Crippen LogP contribution in [-0.2, 0) is 4.79 Å². The molecular formula is C23H29FO4. The first-order valence-electron chi connectivity index (χ1n) is 9.44. The maximum atomic E-state index is 13.1. The third-order valence-corrected chi connectivity index (χ3v) is 5.27. The van der Waals surface area contributed by atoms with E-state index in [2.05, 4.69) is 6.92 Å². The predicted molar refractivity (Wildman–Crippen MR) is 108 cm³/mol. The second kappa shape index (κ2) is 9.58. The summed E-state index contributed by atoms with van der Waals surface area (Å²) in [6.07, 6.45) is 1.64. The highest BCUT2D eigenvalue weighted by Gasteiger charge is 2.26. The number of halogens is 1. The molecule has 2 rings (SSSR count). The van der Waals surface area contributed by atoms with Crippen LogP contribution in [-0.4, -0.2) is 27.1 Å². The number of benzene rings is 2. The van der Waals surface area contributed by atoms with Crippen molar-refractivity contribution in [2.75, 3.05) is 20.8 Å². The molecule has 0 aliphatic heterocycles. The summed E-state index contributed by atoms with van der Waals surface area (Å²) in [7, 11) is 3.16. The first-order chi connectivity index (χ1) is 13.3. The van der Waals surface area contributed by atoms with Crippen LogP contribution in [0.25, 0.3) is 0 Å². The third-order valence-electron chi connectivity index (χ3n) is 5.27. The number of rotatable bonds is 9. The Morgan fingerprint density at radius 2 is 1.57 bits per heavy atom. The maximum Gasteiger partial charge on any atom is 0.204 e. The van der Waals surface area contributed by atoms with Crippen molar-refractivity contribution < 1.29 is 23.4 Å². The van der Waals surface area contributed by atoms with Crippen molar-refractivity contribution in [3.8, 4) is 17.2 Å². The summed E-state index contributed by atoms with van der Waals surface area (Å²) in [4.78, 5) is 11.4. The van der Waals surface area contributed by atoms with Gasteiger partial charge in [-0.2, -0.15) is 0 Å². The SMILES string of the molecule is COc1c(C)c(C)c(C(C)C=O)c(OC)c1OCCC(C)c1ccc(F)cc1. The molecule has 28 heavy (non-hydrogen) atoms. The normalized spacial score (nSPS) is 13.0. The molecule has 0 spiro atoms. The van der Waals surface area contributed by atoms with Gasteiger partial charge in [0.25, 0.3) is 0 Å². The van der Waals surface area contributed by atoms with Gasteiger partial charge in [-0.05, 0) is 55.0 Å². The zero-order valence-electron chi connectivity index (χ0n) is 17.5. The molecule has 2 aromatic rings. The lowest BCUT2D eigenvalue weighted by Crippen LogP contribution is -2.10.